The van der Waals surface area contributed by atoms with Gasteiger partial charge in [-0.05, 0) is 37.2 Å². The van der Waals surface area contributed by atoms with Crippen LogP contribution in [0, 0.1) is 11.8 Å². The highest BCUT2D eigenvalue weighted by atomic mass is 16.4. The molecule has 1 aliphatic heterocycles. The Morgan fingerprint density at radius 1 is 1.10 bits per heavy atom. The molecule has 1 N–H and O–H groups in total. The van der Waals surface area contributed by atoms with Gasteiger partial charge >= 0.3 is 0 Å². The van der Waals surface area contributed by atoms with Crippen molar-refractivity contribution in [3.05, 3.63) is 29.8 Å². The van der Waals surface area contributed by atoms with E-state index in [0.717, 1.165) is 36.1 Å². The molecular weight excluding hydrogens is 248 g/mol. The van der Waals surface area contributed by atoms with Gasteiger partial charge in [0.25, 0.3) is 0 Å². The molecule has 0 radical (unpaired) electrons. The molecule has 1 fully saturated rings. The van der Waals surface area contributed by atoms with Crippen molar-refractivity contribution in [2.24, 2.45) is 17.0 Å². The number of para-hydroxylation sites is 1. The predicted octanol–water partition coefficient (Wildman–Crippen LogP) is 3.90. The van der Waals surface area contributed by atoms with Gasteiger partial charge in [0.2, 0.25) is 0 Å². The quantitative estimate of drug-likeness (QED) is 0.621. The Morgan fingerprint density at radius 3 is 2.50 bits per heavy atom. The van der Waals surface area contributed by atoms with Gasteiger partial charge in [0.15, 0.2) is 0 Å². The summed E-state index contributed by atoms with van der Waals surface area (Å²) in [6.07, 6.45) is 4.76. The fourth-order valence-electron chi connectivity index (χ4n) is 4.09. The van der Waals surface area contributed by atoms with Crippen molar-refractivity contribution in [2.45, 2.75) is 45.6 Å². The molecule has 20 heavy (non-hydrogen) atoms. The van der Waals surface area contributed by atoms with Gasteiger partial charge in [-0.1, -0.05) is 37.2 Å². The Morgan fingerprint density at radius 2 is 1.80 bits per heavy atom. The number of fused-ring (bicyclic) bond motifs is 1. The first-order chi connectivity index (χ1) is 9.69. The maximum Gasteiger partial charge on any atom is 0.0906 e. The van der Waals surface area contributed by atoms with Crippen LogP contribution in [0.25, 0.3) is 0 Å². The maximum absolute atomic E-state index is 9.19. The summed E-state index contributed by atoms with van der Waals surface area (Å²) in [5.74, 6) is 1.62. The monoisotopic (exact) mass is 272 g/mol. The minimum Gasteiger partial charge on any atom is -0.411 e. The molecule has 3 nitrogen and oxygen atoms in total. The molecule has 108 valence electrons. The lowest BCUT2D eigenvalue weighted by atomic mass is 9.79. The van der Waals surface area contributed by atoms with Gasteiger partial charge in [0, 0.05) is 30.3 Å². The number of hydrogen-bond donors (Lipinski definition) is 1. The molecule has 2 atom stereocenters. The van der Waals surface area contributed by atoms with Gasteiger partial charge in [0.1, 0.15) is 0 Å². The molecule has 1 aromatic carbocycles. The molecule has 3 rings (SSSR count). The van der Waals surface area contributed by atoms with E-state index in [1.165, 1.54) is 24.9 Å². The summed E-state index contributed by atoms with van der Waals surface area (Å²) < 4.78 is 0. The average Bonchev–Trinajstić information content (AvgIpc) is 2.45. The zero-order chi connectivity index (χ0) is 14.1. The van der Waals surface area contributed by atoms with Gasteiger partial charge in [-0.25, -0.2) is 0 Å². The van der Waals surface area contributed by atoms with Crippen molar-refractivity contribution in [3.8, 4) is 0 Å². The molecule has 0 saturated heterocycles. The number of oxime groups is 1. The Labute approximate surface area is 121 Å². The van der Waals surface area contributed by atoms with Crippen LogP contribution in [0.2, 0.25) is 0 Å². The molecule has 2 aliphatic rings. The van der Waals surface area contributed by atoms with Gasteiger partial charge in [-0.2, -0.15) is 0 Å². The van der Waals surface area contributed by atoms with Crippen molar-refractivity contribution < 1.29 is 5.21 Å². The molecule has 1 saturated carbocycles. The van der Waals surface area contributed by atoms with E-state index in [9.17, 15) is 5.21 Å². The summed E-state index contributed by atoms with van der Waals surface area (Å²) >= 11 is 0. The van der Waals surface area contributed by atoms with E-state index in [1.54, 1.807) is 0 Å². The first kappa shape index (κ1) is 13.5. The van der Waals surface area contributed by atoms with Gasteiger partial charge in [-0.3, -0.25) is 0 Å². The van der Waals surface area contributed by atoms with E-state index in [-0.39, 0.29) is 0 Å². The van der Waals surface area contributed by atoms with Gasteiger partial charge in [0.05, 0.1) is 5.71 Å². The Kier molecular flexibility index (Phi) is 3.68. The van der Waals surface area contributed by atoms with Crippen LogP contribution in [-0.2, 0) is 0 Å². The van der Waals surface area contributed by atoms with Crippen molar-refractivity contribution >= 4 is 11.4 Å². The zero-order valence-electron chi connectivity index (χ0n) is 12.4. The van der Waals surface area contributed by atoms with Gasteiger partial charge in [-0.15, -0.1) is 0 Å². The van der Waals surface area contributed by atoms with Crippen LogP contribution in [0.1, 0.15) is 45.1 Å². The normalized spacial score (nSPS) is 32.2. The average molecular weight is 272 g/mol. The minimum absolute atomic E-state index is 0.634. The molecule has 0 aromatic heterocycles. The fraction of sp³-hybridized carbons (Fsp3) is 0.588. The molecular formula is C17H24N2O. The number of benzene rings is 1. The second-order valence-corrected chi connectivity index (χ2v) is 6.58. The van der Waals surface area contributed by atoms with Crippen LogP contribution in [0.5, 0.6) is 0 Å². The van der Waals surface area contributed by atoms with Crippen molar-refractivity contribution in [1.82, 2.24) is 0 Å². The highest BCUT2D eigenvalue weighted by Crippen LogP contribution is 2.37. The first-order valence-corrected chi connectivity index (χ1v) is 7.76. The van der Waals surface area contributed by atoms with Crippen LogP contribution < -0.4 is 4.90 Å². The van der Waals surface area contributed by atoms with E-state index >= 15 is 0 Å². The summed E-state index contributed by atoms with van der Waals surface area (Å²) in [5, 5.41) is 12.7. The lowest BCUT2D eigenvalue weighted by Gasteiger charge is -2.43. The van der Waals surface area contributed by atoms with E-state index in [0.29, 0.717) is 6.04 Å². The summed E-state index contributed by atoms with van der Waals surface area (Å²) in [6, 6.07) is 8.99. The molecule has 0 bridgehead atoms. The smallest absolute Gasteiger partial charge is 0.0906 e. The molecule has 1 aromatic rings. The zero-order valence-corrected chi connectivity index (χ0v) is 12.4. The van der Waals surface area contributed by atoms with Gasteiger partial charge < -0.3 is 10.1 Å². The van der Waals surface area contributed by atoms with E-state index in [2.05, 4.69) is 42.1 Å². The van der Waals surface area contributed by atoms with E-state index < -0.39 is 0 Å². The molecule has 0 amide bonds. The van der Waals surface area contributed by atoms with Crippen LogP contribution in [-0.4, -0.2) is 23.5 Å². The minimum atomic E-state index is 0.634. The third-order valence-corrected chi connectivity index (χ3v) is 4.83. The van der Waals surface area contributed by atoms with E-state index in [4.69, 9.17) is 0 Å². The summed E-state index contributed by atoms with van der Waals surface area (Å²) in [4.78, 5) is 2.55. The molecule has 1 heterocycles. The van der Waals surface area contributed by atoms with E-state index in [1.807, 2.05) is 6.07 Å². The van der Waals surface area contributed by atoms with Crippen LogP contribution in [0.15, 0.2) is 29.4 Å². The van der Waals surface area contributed by atoms with Crippen molar-refractivity contribution in [1.29, 1.82) is 0 Å². The second kappa shape index (κ2) is 5.47. The SMILES string of the molecule is CC1CC(C)CC(N2CCC(=NO)c3ccccc32)C1. The van der Waals surface area contributed by atoms with Crippen LogP contribution >= 0.6 is 0 Å². The highest BCUT2D eigenvalue weighted by molar-refractivity contribution is 6.06. The fourth-order valence-corrected chi connectivity index (χ4v) is 4.09. The Hall–Kier alpha value is -1.51. The molecule has 1 aliphatic carbocycles. The lowest BCUT2D eigenvalue weighted by molar-refractivity contribution is 0.259. The maximum atomic E-state index is 9.19. The number of rotatable bonds is 1. The largest absolute Gasteiger partial charge is 0.411 e. The third kappa shape index (κ3) is 2.41. The van der Waals surface area contributed by atoms with Crippen molar-refractivity contribution in [3.63, 3.8) is 0 Å². The lowest BCUT2D eigenvalue weighted by Crippen LogP contribution is -2.44. The number of nitrogens with zero attached hydrogens (tertiary/aromatic N) is 2. The van der Waals surface area contributed by atoms with Crippen LogP contribution in [0.4, 0.5) is 5.69 Å². The van der Waals surface area contributed by atoms with Crippen LogP contribution in [0.3, 0.4) is 0 Å². The van der Waals surface area contributed by atoms with Crippen molar-refractivity contribution in [2.75, 3.05) is 11.4 Å². The predicted molar refractivity (Wildman–Crippen MR) is 82.7 cm³/mol. The molecule has 3 heteroatoms. The highest BCUT2D eigenvalue weighted by Gasteiger charge is 2.32. The molecule has 0 spiro atoms. The molecule has 2 unspecified atom stereocenters. The standard InChI is InChI=1S/C17H24N2O/c1-12-9-13(2)11-14(10-12)19-8-7-16(18-20)15-5-3-4-6-17(15)19/h3-6,12-14,20H,7-11H2,1-2H3. The number of anilines is 1. The summed E-state index contributed by atoms with van der Waals surface area (Å²) in [6.45, 7) is 5.72. The summed E-state index contributed by atoms with van der Waals surface area (Å²) in [7, 11) is 0. The summed E-state index contributed by atoms with van der Waals surface area (Å²) in [5.41, 5.74) is 3.18. The Bertz CT molecular complexity index is 501. The Balaban J connectivity index is 1.91. The number of hydrogen-bond acceptors (Lipinski definition) is 3. The second-order valence-electron chi connectivity index (χ2n) is 6.58. The third-order valence-electron chi connectivity index (χ3n) is 4.83. The topological polar surface area (TPSA) is 35.8 Å². The first-order valence-electron chi connectivity index (χ1n) is 7.76.